The van der Waals surface area contributed by atoms with E-state index in [1.165, 1.54) is 0 Å². The molecule has 1 heterocycles. The molecular formula is C15H18BrN3O2. The predicted octanol–water partition coefficient (Wildman–Crippen LogP) is 2.23. The Balaban J connectivity index is 2.26. The highest BCUT2D eigenvalue weighted by molar-refractivity contribution is 9.10. The third-order valence-electron chi connectivity index (χ3n) is 2.97. The molecule has 1 atom stereocenters. The summed E-state index contributed by atoms with van der Waals surface area (Å²) in [6.07, 6.45) is -0.00955. The lowest BCUT2D eigenvalue weighted by Crippen LogP contribution is -2.23. The molecule has 0 saturated heterocycles. The van der Waals surface area contributed by atoms with E-state index in [-0.39, 0.29) is 13.2 Å². The van der Waals surface area contributed by atoms with Crippen LogP contribution in [0.3, 0.4) is 0 Å². The lowest BCUT2D eigenvalue weighted by atomic mass is 10.2. The maximum atomic E-state index is 9.40. The minimum absolute atomic E-state index is 0.246. The number of anilines is 1. The summed E-state index contributed by atoms with van der Waals surface area (Å²) in [6.45, 7) is 1.99. The van der Waals surface area contributed by atoms with Crippen LogP contribution in [-0.4, -0.2) is 39.4 Å². The van der Waals surface area contributed by atoms with Crippen molar-refractivity contribution in [1.29, 1.82) is 0 Å². The summed E-state index contributed by atoms with van der Waals surface area (Å²) in [7, 11) is 0. The van der Waals surface area contributed by atoms with Gasteiger partial charge < -0.3 is 15.5 Å². The molecule has 1 aromatic heterocycles. The number of hydrogen-bond acceptors (Lipinski definition) is 5. The van der Waals surface area contributed by atoms with Crippen molar-refractivity contribution in [3.63, 3.8) is 0 Å². The van der Waals surface area contributed by atoms with Crippen LogP contribution in [0, 0.1) is 0 Å². The van der Waals surface area contributed by atoms with E-state index in [2.05, 4.69) is 31.2 Å². The minimum atomic E-state index is -0.804. The molecule has 0 saturated carbocycles. The zero-order valence-corrected chi connectivity index (χ0v) is 13.3. The van der Waals surface area contributed by atoms with Crippen molar-refractivity contribution in [1.82, 2.24) is 9.97 Å². The van der Waals surface area contributed by atoms with Crippen molar-refractivity contribution in [2.45, 2.75) is 19.4 Å². The van der Waals surface area contributed by atoms with Crippen LogP contribution in [0.2, 0.25) is 0 Å². The van der Waals surface area contributed by atoms with Gasteiger partial charge in [-0.2, -0.15) is 0 Å². The van der Waals surface area contributed by atoms with Gasteiger partial charge in [-0.3, -0.25) is 0 Å². The van der Waals surface area contributed by atoms with Crippen molar-refractivity contribution in [3.05, 3.63) is 40.5 Å². The van der Waals surface area contributed by atoms with Crippen LogP contribution in [0.15, 0.2) is 34.8 Å². The van der Waals surface area contributed by atoms with Crippen molar-refractivity contribution in [2.75, 3.05) is 18.5 Å². The number of halogens is 1. The Labute approximate surface area is 132 Å². The van der Waals surface area contributed by atoms with Crippen LogP contribution in [0.1, 0.15) is 12.6 Å². The Morgan fingerprint density at radius 2 is 1.95 bits per heavy atom. The lowest BCUT2D eigenvalue weighted by Gasteiger charge is -2.12. The van der Waals surface area contributed by atoms with E-state index in [0.717, 1.165) is 22.2 Å². The van der Waals surface area contributed by atoms with Crippen LogP contribution in [-0.2, 0) is 6.42 Å². The summed E-state index contributed by atoms with van der Waals surface area (Å²) in [5.74, 6) is 1.29. The highest BCUT2D eigenvalue weighted by Gasteiger charge is 2.08. The number of nitrogens with one attached hydrogen (secondary N) is 1. The molecule has 0 bridgehead atoms. The van der Waals surface area contributed by atoms with E-state index < -0.39 is 6.10 Å². The van der Waals surface area contributed by atoms with Gasteiger partial charge in [-0.25, -0.2) is 9.97 Å². The maximum Gasteiger partial charge on any atom is 0.161 e. The van der Waals surface area contributed by atoms with Crippen molar-refractivity contribution >= 4 is 21.7 Å². The average molecular weight is 352 g/mol. The van der Waals surface area contributed by atoms with Crippen LogP contribution in [0.4, 0.5) is 5.82 Å². The number of aromatic nitrogens is 2. The van der Waals surface area contributed by atoms with Gasteiger partial charge in [0.15, 0.2) is 5.82 Å². The second kappa shape index (κ2) is 7.49. The molecule has 1 unspecified atom stereocenters. The molecule has 2 rings (SSSR count). The number of benzene rings is 1. The van der Waals surface area contributed by atoms with Crippen LogP contribution >= 0.6 is 15.9 Å². The molecule has 5 nitrogen and oxygen atoms in total. The quantitative estimate of drug-likeness (QED) is 0.743. The fourth-order valence-corrected chi connectivity index (χ4v) is 2.05. The summed E-state index contributed by atoms with van der Waals surface area (Å²) >= 11 is 3.40. The first-order chi connectivity index (χ1) is 10.1. The minimum Gasteiger partial charge on any atom is -0.394 e. The molecule has 2 aromatic rings. The first kappa shape index (κ1) is 15.9. The first-order valence-electron chi connectivity index (χ1n) is 6.79. The topological polar surface area (TPSA) is 78.3 Å². The third kappa shape index (κ3) is 4.49. The molecule has 0 amide bonds. The summed E-state index contributed by atoms with van der Waals surface area (Å²) in [5, 5.41) is 21.3. The van der Waals surface area contributed by atoms with Crippen LogP contribution in [0.25, 0.3) is 11.4 Å². The summed E-state index contributed by atoms with van der Waals surface area (Å²) in [4.78, 5) is 8.98. The molecule has 0 aliphatic rings. The van der Waals surface area contributed by atoms with E-state index in [1.807, 2.05) is 37.3 Å². The monoisotopic (exact) mass is 351 g/mol. The summed E-state index contributed by atoms with van der Waals surface area (Å²) in [5.41, 5.74) is 1.85. The SMILES string of the molecule is CCc1cc(NCC(O)CO)nc(-c2ccc(Br)cc2)n1. The van der Waals surface area contributed by atoms with Gasteiger partial charge in [0.05, 0.1) is 12.7 Å². The second-order valence-electron chi connectivity index (χ2n) is 4.65. The van der Waals surface area contributed by atoms with Crippen molar-refractivity contribution in [2.24, 2.45) is 0 Å². The number of aliphatic hydroxyl groups excluding tert-OH is 2. The fraction of sp³-hybridized carbons (Fsp3) is 0.333. The van der Waals surface area contributed by atoms with E-state index >= 15 is 0 Å². The molecule has 3 N–H and O–H groups in total. The molecule has 112 valence electrons. The second-order valence-corrected chi connectivity index (χ2v) is 5.56. The molecule has 0 aliphatic carbocycles. The number of aryl methyl sites for hydroxylation is 1. The van der Waals surface area contributed by atoms with Gasteiger partial charge in [0, 0.05) is 28.3 Å². The van der Waals surface area contributed by atoms with Gasteiger partial charge in [0.1, 0.15) is 5.82 Å². The van der Waals surface area contributed by atoms with E-state index in [9.17, 15) is 5.11 Å². The zero-order valence-electron chi connectivity index (χ0n) is 11.8. The highest BCUT2D eigenvalue weighted by atomic mass is 79.9. The smallest absolute Gasteiger partial charge is 0.161 e. The highest BCUT2D eigenvalue weighted by Crippen LogP contribution is 2.20. The molecule has 1 aromatic carbocycles. The predicted molar refractivity (Wildman–Crippen MR) is 86.1 cm³/mol. The van der Waals surface area contributed by atoms with Crippen molar-refractivity contribution < 1.29 is 10.2 Å². The van der Waals surface area contributed by atoms with Gasteiger partial charge in [0.25, 0.3) is 0 Å². The average Bonchev–Trinajstić information content (AvgIpc) is 2.52. The summed E-state index contributed by atoms with van der Waals surface area (Å²) < 4.78 is 1.00. The molecular weight excluding hydrogens is 334 g/mol. The zero-order chi connectivity index (χ0) is 15.2. The Hall–Kier alpha value is -1.50. The van der Waals surface area contributed by atoms with Gasteiger partial charge in [-0.15, -0.1) is 0 Å². The van der Waals surface area contributed by atoms with Gasteiger partial charge in [0.2, 0.25) is 0 Å². The van der Waals surface area contributed by atoms with Gasteiger partial charge in [-0.05, 0) is 18.6 Å². The molecule has 0 spiro atoms. The van der Waals surface area contributed by atoms with E-state index in [0.29, 0.717) is 11.6 Å². The van der Waals surface area contributed by atoms with Crippen molar-refractivity contribution in [3.8, 4) is 11.4 Å². The number of rotatable bonds is 6. The number of hydrogen-bond donors (Lipinski definition) is 3. The largest absolute Gasteiger partial charge is 0.394 e. The molecule has 0 aliphatic heterocycles. The number of nitrogens with zero attached hydrogens (tertiary/aromatic N) is 2. The fourth-order valence-electron chi connectivity index (χ4n) is 1.78. The lowest BCUT2D eigenvalue weighted by molar-refractivity contribution is 0.105. The molecule has 6 heteroatoms. The third-order valence-corrected chi connectivity index (χ3v) is 3.50. The normalized spacial score (nSPS) is 12.2. The van der Waals surface area contributed by atoms with Crippen LogP contribution < -0.4 is 5.32 Å². The van der Waals surface area contributed by atoms with Gasteiger partial charge >= 0.3 is 0 Å². The first-order valence-corrected chi connectivity index (χ1v) is 7.58. The maximum absolute atomic E-state index is 9.40. The standard InChI is InChI=1S/C15H18BrN3O2/c1-2-12-7-14(17-8-13(21)9-20)19-15(18-12)10-3-5-11(16)6-4-10/h3-7,13,20-21H,2,8-9H2,1H3,(H,17,18,19). The molecule has 21 heavy (non-hydrogen) atoms. The Morgan fingerprint density at radius 1 is 1.24 bits per heavy atom. The summed E-state index contributed by atoms with van der Waals surface area (Å²) in [6, 6.07) is 9.64. The Morgan fingerprint density at radius 3 is 2.57 bits per heavy atom. The Kier molecular flexibility index (Phi) is 5.67. The van der Waals surface area contributed by atoms with E-state index in [1.54, 1.807) is 0 Å². The van der Waals surface area contributed by atoms with Crippen LogP contribution in [0.5, 0.6) is 0 Å². The molecule has 0 radical (unpaired) electrons. The van der Waals surface area contributed by atoms with Gasteiger partial charge in [-0.1, -0.05) is 35.0 Å². The Bertz CT molecular complexity index is 590. The molecule has 0 fully saturated rings. The number of aliphatic hydroxyl groups is 2. The van der Waals surface area contributed by atoms with E-state index in [4.69, 9.17) is 5.11 Å².